The Bertz CT molecular complexity index is 1540. The van der Waals surface area contributed by atoms with Gasteiger partial charge in [0.15, 0.2) is 5.13 Å². The van der Waals surface area contributed by atoms with Crippen LogP contribution in [0.4, 0.5) is 5.13 Å². The zero-order chi connectivity index (χ0) is 25.8. The van der Waals surface area contributed by atoms with Gasteiger partial charge in [0.2, 0.25) is 11.1 Å². The van der Waals surface area contributed by atoms with Gasteiger partial charge in [0.25, 0.3) is 0 Å². The average Bonchev–Trinajstić information content (AvgIpc) is 3.37. The van der Waals surface area contributed by atoms with Gasteiger partial charge in [-0.15, -0.1) is 21.5 Å². The number of hydrogen-bond donors (Lipinski definition) is 1. The van der Waals surface area contributed by atoms with Crippen LogP contribution >= 0.6 is 70.9 Å². The minimum Gasteiger partial charge on any atom is -0.301 e. The van der Waals surface area contributed by atoms with E-state index in [0.29, 0.717) is 21.7 Å². The van der Waals surface area contributed by atoms with Crippen molar-refractivity contribution in [2.45, 2.75) is 5.16 Å². The molecule has 184 valence electrons. The van der Waals surface area contributed by atoms with E-state index in [4.69, 9.17) is 4.98 Å². The molecule has 3 aromatic carbocycles. The molecule has 0 aliphatic rings. The average molecular weight is 718 g/mol. The number of carbonyl (C=O) groups is 1. The van der Waals surface area contributed by atoms with E-state index >= 15 is 0 Å². The quantitative estimate of drug-likeness (QED) is 0.171. The molecule has 0 atom stereocenters. The maximum Gasteiger partial charge on any atom is 0.236 e. The van der Waals surface area contributed by atoms with Gasteiger partial charge >= 0.3 is 0 Å². The van der Waals surface area contributed by atoms with Crippen molar-refractivity contribution in [2.75, 3.05) is 11.1 Å². The highest BCUT2D eigenvalue weighted by Crippen LogP contribution is 2.32. The Labute approximate surface area is 246 Å². The number of carbonyl (C=O) groups excluding carboxylic acids is 1. The zero-order valence-corrected chi connectivity index (χ0v) is 25.3. The normalized spacial score (nSPS) is 10.9. The zero-order valence-electron chi connectivity index (χ0n) is 18.9. The highest BCUT2D eigenvalue weighted by molar-refractivity contribution is 9.11. The molecule has 0 saturated heterocycles. The predicted molar refractivity (Wildman–Crippen MR) is 161 cm³/mol. The Morgan fingerprint density at radius 1 is 0.730 bits per heavy atom. The number of halogens is 3. The van der Waals surface area contributed by atoms with Crippen LogP contribution < -0.4 is 5.32 Å². The molecule has 5 aromatic rings. The minimum atomic E-state index is -0.188. The number of nitrogens with zero attached hydrogens (tertiary/aromatic N) is 4. The van der Waals surface area contributed by atoms with E-state index in [1.165, 1.54) is 23.1 Å². The fourth-order valence-electron chi connectivity index (χ4n) is 3.35. The fraction of sp³-hybridized carbons (Fsp3) is 0.0385. The van der Waals surface area contributed by atoms with Gasteiger partial charge in [-0.3, -0.25) is 4.79 Å². The lowest BCUT2D eigenvalue weighted by Crippen LogP contribution is -2.14. The van der Waals surface area contributed by atoms with Crippen molar-refractivity contribution in [1.29, 1.82) is 0 Å². The molecule has 0 saturated carbocycles. The molecule has 0 aliphatic carbocycles. The van der Waals surface area contributed by atoms with Crippen LogP contribution in [0.1, 0.15) is 0 Å². The summed E-state index contributed by atoms with van der Waals surface area (Å²) in [5, 5.41) is 14.5. The highest BCUT2D eigenvalue weighted by Gasteiger charge is 2.16. The Kier molecular flexibility index (Phi) is 8.46. The molecule has 37 heavy (non-hydrogen) atoms. The Balaban J connectivity index is 1.31. The second-order valence-corrected chi connectivity index (χ2v) is 12.2. The van der Waals surface area contributed by atoms with Crippen LogP contribution in [0.15, 0.2) is 96.8 Å². The lowest BCUT2D eigenvalue weighted by molar-refractivity contribution is -0.113. The summed E-state index contributed by atoms with van der Waals surface area (Å²) in [5.74, 6) is -0.0563. The van der Waals surface area contributed by atoms with E-state index in [9.17, 15) is 4.79 Å². The summed E-state index contributed by atoms with van der Waals surface area (Å²) in [6.07, 6.45) is 0. The van der Waals surface area contributed by atoms with Crippen LogP contribution in [0.25, 0.3) is 33.8 Å². The number of amides is 1. The molecule has 0 aliphatic heterocycles. The standard InChI is InChI=1S/C26H16Br3N5OS2/c27-18-7-1-15(2-8-18)21-13-36-25(30-21)31-22(35)14-37-26-32-23(16-3-9-19(28)10-4-16)24(33-34-26)17-5-11-20(29)12-6-17/h1-13H,14H2,(H,30,31,35). The van der Waals surface area contributed by atoms with Gasteiger partial charge < -0.3 is 5.32 Å². The first kappa shape index (κ1) is 26.2. The Hall–Kier alpha value is -2.44. The third-order valence-electron chi connectivity index (χ3n) is 5.13. The van der Waals surface area contributed by atoms with Crippen molar-refractivity contribution in [3.05, 3.63) is 91.6 Å². The number of rotatable bonds is 7. The summed E-state index contributed by atoms with van der Waals surface area (Å²) >= 11 is 13.0. The second kappa shape index (κ2) is 12.0. The molecular weight excluding hydrogens is 702 g/mol. The summed E-state index contributed by atoms with van der Waals surface area (Å²) < 4.78 is 2.95. The fourth-order valence-corrected chi connectivity index (χ4v) is 5.47. The van der Waals surface area contributed by atoms with Crippen LogP contribution in [0.3, 0.4) is 0 Å². The molecular formula is C26H16Br3N5OS2. The molecule has 0 fully saturated rings. The van der Waals surface area contributed by atoms with E-state index < -0.39 is 0 Å². The van der Waals surface area contributed by atoms with Gasteiger partial charge in [0, 0.05) is 35.5 Å². The first-order valence-corrected chi connectivity index (χ1v) is 15.1. The number of nitrogens with one attached hydrogen (secondary N) is 1. The lowest BCUT2D eigenvalue weighted by Gasteiger charge is -2.10. The molecule has 0 spiro atoms. The first-order valence-electron chi connectivity index (χ1n) is 10.9. The van der Waals surface area contributed by atoms with Gasteiger partial charge in [-0.05, 0) is 36.4 Å². The van der Waals surface area contributed by atoms with Crippen molar-refractivity contribution < 1.29 is 4.79 Å². The molecule has 2 heterocycles. The van der Waals surface area contributed by atoms with E-state index in [2.05, 4.69) is 68.3 Å². The van der Waals surface area contributed by atoms with E-state index in [1.54, 1.807) is 0 Å². The monoisotopic (exact) mass is 715 g/mol. The molecule has 2 aromatic heterocycles. The van der Waals surface area contributed by atoms with Crippen molar-refractivity contribution >= 4 is 81.9 Å². The van der Waals surface area contributed by atoms with E-state index in [-0.39, 0.29) is 11.7 Å². The predicted octanol–water partition coefficient (Wildman–Crippen LogP) is 8.35. The minimum absolute atomic E-state index is 0.131. The summed E-state index contributed by atoms with van der Waals surface area (Å²) in [6, 6.07) is 23.6. The maximum atomic E-state index is 12.6. The number of thiazole rings is 1. The number of benzene rings is 3. The van der Waals surface area contributed by atoms with Crippen LogP contribution in [0.5, 0.6) is 0 Å². The molecule has 1 amide bonds. The van der Waals surface area contributed by atoms with Gasteiger partial charge in [0.1, 0.15) is 11.4 Å². The topological polar surface area (TPSA) is 80.7 Å². The first-order chi connectivity index (χ1) is 17.9. The Morgan fingerprint density at radius 3 is 1.86 bits per heavy atom. The summed E-state index contributed by atoms with van der Waals surface area (Å²) in [4.78, 5) is 21.9. The van der Waals surface area contributed by atoms with Gasteiger partial charge in [-0.1, -0.05) is 95.9 Å². The molecule has 0 radical (unpaired) electrons. The number of hydrogen-bond acceptors (Lipinski definition) is 7. The van der Waals surface area contributed by atoms with Crippen molar-refractivity contribution in [2.24, 2.45) is 0 Å². The molecule has 1 N–H and O–H groups in total. The number of anilines is 1. The van der Waals surface area contributed by atoms with Crippen molar-refractivity contribution in [1.82, 2.24) is 20.2 Å². The van der Waals surface area contributed by atoms with Crippen molar-refractivity contribution in [3.63, 3.8) is 0 Å². The molecule has 11 heteroatoms. The summed E-state index contributed by atoms with van der Waals surface area (Å²) in [7, 11) is 0. The van der Waals surface area contributed by atoms with Gasteiger partial charge in [-0.25, -0.2) is 9.97 Å². The number of thioether (sulfide) groups is 1. The van der Waals surface area contributed by atoms with Gasteiger partial charge in [-0.2, -0.15) is 0 Å². The smallest absolute Gasteiger partial charge is 0.236 e. The largest absolute Gasteiger partial charge is 0.301 e. The van der Waals surface area contributed by atoms with Crippen LogP contribution in [-0.2, 0) is 4.79 Å². The summed E-state index contributed by atoms with van der Waals surface area (Å²) in [6.45, 7) is 0. The van der Waals surface area contributed by atoms with E-state index in [1.807, 2.05) is 78.2 Å². The SMILES string of the molecule is O=C(CSc1nnc(-c2ccc(Br)cc2)c(-c2ccc(Br)cc2)n1)Nc1nc(-c2ccc(Br)cc2)cs1. The van der Waals surface area contributed by atoms with Crippen LogP contribution in [-0.4, -0.2) is 31.8 Å². The maximum absolute atomic E-state index is 12.6. The van der Waals surface area contributed by atoms with Crippen LogP contribution in [0.2, 0.25) is 0 Å². The third kappa shape index (κ3) is 6.71. The summed E-state index contributed by atoms with van der Waals surface area (Å²) in [5.41, 5.74) is 4.99. The molecule has 6 nitrogen and oxygen atoms in total. The molecule has 0 unspecified atom stereocenters. The highest BCUT2D eigenvalue weighted by atomic mass is 79.9. The Morgan fingerprint density at radius 2 is 1.27 bits per heavy atom. The molecule has 0 bridgehead atoms. The van der Waals surface area contributed by atoms with E-state index in [0.717, 1.165) is 35.8 Å². The number of aromatic nitrogens is 4. The second-order valence-electron chi connectivity index (χ2n) is 7.69. The van der Waals surface area contributed by atoms with Crippen LogP contribution in [0, 0.1) is 0 Å². The van der Waals surface area contributed by atoms with Crippen molar-refractivity contribution in [3.8, 4) is 33.8 Å². The lowest BCUT2D eigenvalue weighted by atomic mass is 10.0. The van der Waals surface area contributed by atoms with Gasteiger partial charge in [0.05, 0.1) is 11.4 Å². The third-order valence-corrected chi connectivity index (χ3v) is 8.31. The molecule has 5 rings (SSSR count).